The van der Waals surface area contributed by atoms with E-state index in [4.69, 9.17) is 19.9 Å². The second-order valence-electron chi connectivity index (χ2n) is 8.71. The summed E-state index contributed by atoms with van der Waals surface area (Å²) < 4.78 is 17.2. The maximum absolute atomic E-state index is 12.3. The van der Waals surface area contributed by atoms with Crippen LogP contribution >= 0.6 is 0 Å². The Labute approximate surface area is 198 Å². The van der Waals surface area contributed by atoms with E-state index in [2.05, 4.69) is 20.6 Å². The number of carbonyl (C=O) groups excluding carboxylic acids is 1. The van der Waals surface area contributed by atoms with Crippen LogP contribution in [0.25, 0.3) is 11.0 Å². The Kier molecular flexibility index (Phi) is 6.57. The van der Waals surface area contributed by atoms with Gasteiger partial charge in [0.25, 0.3) is 5.91 Å². The largest absolute Gasteiger partial charge is 0.481 e. The van der Waals surface area contributed by atoms with Crippen LogP contribution in [0.15, 0.2) is 48.7 Å². The van der Waals surface area contributed by atoms with Gasteiger partial charge < -0.3 is 30.6 Å². The Morgan fingerprint density at radius 3 is 2.94 bits per heavy atom. The Hall–Kier alpha value is -3.27. The van der Waals surface area contributed by atoms with Crippen molar-refractivity contribution in [1.29, 1.82) is 0 Å². The second-order valence-corrected chi connectivity index (χ2v) is 8.71. The number of fused-ring (bicyclic) bond motifs is 2. The molecule has 34 heavy (non-hydrogen) atoms. The van der Waals surface area contributed by atoms with Gasteiger partial charge in [-0.25, -0.2) is 4.98 Å². The van der Waals surface area contributed by atoms with Crippen LogP contribution in [0.2, 0.25) is 0 Å². The van der Waals surface area contributed by atoms with Crippen molar-refractivity contribution in [3.8, 4) is 11.6 Å². The summed E-state index contributed by atoms with van der Waals surface area (Å²) in [5.41, 5.74) is 9.90. The number of nitrogens with zero attached hydrogens (tertiary/aromatic N) is 2. The van der Waals surface area contributed by atoms with Crippen LogP contribution in [0.5, 0.6) is 11.6 Å². The van der Waals surface area contributed by atoms with Gasteiger partial charge in [-0.05, 0) is 49.1 Å². The molecule has 1 saturated heterocycles. The zero-order valence-corrected chi connectivity index (χ0v) is 19.1. The normalized spacial score (nSPS) is 23.0. The van der Waals surface area contributed by atoms with Gasteiger partial charge in [-0.15, -0.1) is 0 Å². The van der Waals surface area contributed by atoms with Crippen molar-refractivity contribution in [2.24, 2.45) is 5.73 Å². The first kappa shape index (κ1) is 22.5. The number of benzene rings is 1. The van der Waals surface area contributed by atoms with Gasteiger partial charge in [0.2, 0.25) is 5.88 Å². The highest BCUT2D eigenvalue weighted by Gasteiger charge is 2.30. The van der Waals surface area contributed by atoms with E-state index in [9.17, 15) is 4.79 Å². The number of hydrogen-bond donors (Lipinski definition) is 3. The average Bonchev–Trinajstić information content (AvgIpc) is 2.87. The van der Waals surface area contributed by atoms with E-state index < -0.39 is 6.10 Å². The molecule has 0 aliphatic carbocycles. The smallest absolute Gasteiger partial charge is 0.266 e. The minimum absolute atomic E-state index is 0.0482. The number of methoxy groups -OCH3 is 1. The molecule has 178 valence electrons. The summed E-state index contributed by atoms with van der Waals surface area (Å²) in [5.74, 6) is 1.10. The zero-order valence-electron chi connectivity index (χ0n) is 19.1. The topological polar surface area (TPSA) is 121 Å². The molecule has 0 spiro atoms. The summed E-state index contributed by atoms with van der Waals surface area (Å²) in [6, 6.07) is 13.1. The second kappa shape index (κ2) is 9.92. The molecule has 2 aliphatic heterocycles. The lowest BCUT2D eigenvalue weighted by molar-refractivity contribution is -0.123. The lowest BCUT2D eigenvalue weighted by Crippen LogP contribution is -2.51. The summed E-state index contributed by atoms with van der Waals surface area (Å²) in [7, 11) is 1.60. The molecule has 0 radical (unpaired) electrons. The van der Waals surface area contributed by atoms with Gasteiger partial charge in [-0.3, -0.25) is 9.78 Å². The van der Waals surface area contributed by atoms with Gasteiger partial charge in [0.05, 0.1) is 36.5 Å². The van der Waals surface area contributed by atoms with Crippen molar-refractivity contribution in [1.82, 2.24) is 15.3 Å². The van der Waals surface area contributed by atoms with Crippen LogP contribution in [0.3, 0.4) is 0 Å². The number of ether oxygens (including phenoxy) is 3. The van der Waals surface area contributed by atoms with E-state index in [0.717, 1.165) is 29.4 Å². The molecule has 2 aliphatic rings. The molecule has 9 nitrogen and oxygen atoms in total. The van der Waals surface area contributed by atoms with E-state index in [0.29, 0.717) is 36.9 Å². The van der Waals surface area contributed by atoms with E-state index >= 15 is 0 Å². The number of nitrogens with two attached hydrogens (primary N) is 1. The predicted molar refractivity (Wildman–Crippen MR) is 128 cm³/mol. The lowest BCUT2D eigenvalue weighted by Gasteiger charge is -2.34. The van der Waals surface area contributed by atoms with Gasteiger partial charge in [-0.1, -0.05) is 12.1 Å². The molecule has 4 heterocycles. The number of aromatic nitrogens is 2. The predicted octanol–water partition coefficient (Wildman–Crippen LogP) is 2.05. The molecule has 1 aromatic carbocycles. The minimum atomic E-state index is -0.570. The van der Waals surface area contributed by atoms with Gasteiger partial charge in [-0.2, -0.15) is 0 Å². The molecule has 4 N–H and O–H groups in total. The third-order valence-corrected chi connectivity index (χ3v) is 6.39. The first-order valence-corrected chi connectivity index (χ1v) is 11.6. The summed E-state index contributed by atoms with van der Waals surface area (Å²) in [4.78, 5) is 21.3. The number of anilines is 1. The number of para-hydroxylation sites is 2. The van der Waals surface area contributed by atoms with Gasteiger partial charge in [0.15, 0.2) is 6.10 Å². The van der Waals surface area contributed by atoms with Crippen LogP contribution in [-0.4, -0.2) is 60.4 Å². The van der Waals surface area contributed by atoms with E-state index in [1.54, 1.807) is 19.4 Å². The SMILES string of the molecule is COc1ccc2nccc(C[C@H](N)[C@@H]3CC[C@@H](NCC4Oc5ccccc5NC4=O)CO3)c2n1. The summed E-state index contributed by atoms with van der Waals surface area (Å²) >= 11 is 0. The molecule has 9 heteroatoms. The number of nitrogens with one attached hydrogen (secondary N) is 2. The van der Waals surface area contributed by atoms with Gasteiger partial charge in [0.1, 0.15) is 5.75 Å². The molecule has 1 unspecified atom stereocenters. The molecular weight excluding hydrogens is 434 g/mol. The third-order valence-electron chi connectivity index (χ3n) is 6.39. The number of pyridine rings is 2. The Morgan fingerprint density at radius 2 is 2.12 bits per heavy atom. The van der Waals surface area contributed by atoms with Crippen molar-refractivity contribution in [3.05, 3.63) is 54.2 Å². The highest BCUT2D eigenvalue weighted by Crippen LogP contribution is 2.29. The quantitative estimate of drug-likeness (QED) is 0.487. The van der Waals surface area contributed by atoms with Crippen LogP contribution in [0, 0.1) is 0 Å². The van der Waals surface area contributed by atoms with Gasteiger partial charge >= 0.3 is 0 Å². The van der Waals surface area contributed by atoms with Crippen LogP contribution in [-0.2, 0) is 16.0 Å². The Bertz CT molecular complexity index is 1170. The molecule has 5 rings (SSSR count). The fourth-order valence-electron chi connectivity index (χ4n) is 4.50. The molecule has 0 bridgehead atoms. The molecule has 0 saturated carbocycles. The van der Waals surface area contributed by atoms with Crippen molar-refractivity contribution >= 4 is 22.6 Å². The number of rotatable bonds is 7. The summed E-state index contributed by atoms with van der Waals surface area (Å²) in [5, 5.41) is 6.31. The molecular formula is C25H29N5O4. The highest BCUT2D eigenvalue weighted by molar-refractivity contribution is 5.97. The number of amides is 1. The number of hydrogen-bond acceptors (Lipinski definition) is 8. The first-order chi connectivity index (χ1) is 16.6. The van der Waals surface area contributed by atoms with E-state index in [-0.39, 0.29) is 24.1 Å². The van der Waals surface area contributed by atoms with E-state index in [1.165, 1.54) is 0 Å². The minimum Gasteiger partial charge on any atom is -0.481 e. The van der Waals surface area contributed by atoms with Crippen LogP contribution in [0.1, 0.15) is 18.4 Å². The molecule has 2 aromatic heterocycles. The lowest BCUT2D eigenvalue weighted by atomic mass is 9.95. The fourth-order valence-corrected chi connectivity index (χ4v) is 4.50. The Balaban J connectivity index is 1.13. The molecule has 4 atom stereocenters. The van der Waals surface area contributed by atoms with Crippen LogP contribution < -0.4 is 25.8 Å². The molecule has 1 amide bonds. The van der Waals surface area contributed by atoms with Crippen LogP contribution in [0.4, 0.5) is 5.69 Å². The monoisotopic (exact) mass is 463 g/mol. The maximum Gasteiger partial charge on any atom is 0.266 e. The van der Waals surface area contributed by atoms with Crippen molar-refractivity contribution in [2.75, 3.05) is 25.6 Å². The first-order valence-electron chi connectivity index (χ1n) is 11.6. The standard InChI is InChI=1S/C25H29N5O4/c1-32-23-9-7-19-24(30-23)15(10-11-27-19)12-17(26)20-8-6-16(14-33-20)28-13-22-25(31)29-18-4-2-3-5-21(18)34-22/h2-5,7,9-11,16-17,20,22,28H,6,8,12-14,26H2,1H3,(H,29,31)/t16-,17+,20+,22?/m1/s1. The third kappa shape index (κ3) is 4.82. The van der Waals surface area contributed by atoms with Crippen molar-refractivity contribution in [2.45, 2.75) is 43.6 Å². The summed E-state index contributed by atoms with van der Waals surface area (Å²) in [6.07, 6.45) is 3.54. The van der Waals surface area contributed by atoms with Crippen molar-refractivity contribution < 1.29 is 19.0 Å². The van der Waals surface area contributed by atoms with E-state index in [1.807, 2.05) is 36.4 Å². The Morgan fingerprint density at radius 1 is 1.24 bits per heavy atom. The average molecular weight is 464 g/mol. The molecule has 1 fully saturated rings. The summed E-state index contributed by atoms with van der Waals surface area (Å²) in [6.45, 7) is 0.952. The fraction of sp³-hybridized carbons (Fsp3) is 0.400. The van der Waals surface area contributed by atoms with Gasteiger partial charge in [0, 0.05) is 30.9 Å². The van der Waals surface area contributed by atoms with Crippen molar-refractivity contribution in [3.63, 3.8) is 0 Å². The molecule has 3 aromatic rings. The number of carbonyl (C=O) groups is 1. The zero-order chi connectivity index (χ0) is 23.5. The highest BCUT2D eigenvalue weighted by atomic mass is 16.5. The maximum atomic E-state index is 12.3.